The van der Waals surface area contributed by atoms with Gasteiger partial charge in [-0.25, -0.2) is 0 Å². The second-order valence-corrected chi connectivity index (χ2v) is 5.55. The summed E-state index contributed by atoms with van der Waals surface area (Å²) in [6.07, 6.45) is 1.13. The van der Waals surface area contributed by atoms with Gasteiger partial charge in [-0.3, -0.25) is 0 Å². The van der Waals surface area contributed by atoms with Crippen molar-refractivity contribution in [2.45, 2.75) is 39.3 Å². The van der Waals surface area contributed by atoms with Crippen molar-refractivity contribution in [1.29, 1.82) is 0 Å². The maximum atomic E-state index is 3.71. The van der Waals surface area contributed by atoms with Gasteiger partial charge in [0.25, 0.3) is 0 Å². The fraction of sp³-hybridized carbons (Fsp3) is 0.625. The lowest BCUT2D eigenvalue weighted by atomic mass is 10.0. The molecule has 0 saturated carbocycles. The zero-order valence-corrected chi connectivity index (χ0v) is 12.5. The van der Waals surface area contributed by atoms with Crippen LogP contribution in [0.5, 0.6) is 0 Å². The number of likely N-dealkylation sites (N-methyl/N-ethyl adjacent to an activating group) is 1. The smallest absolute Gasteiger partial charge is 0.0318 e. The van der Waals surface area contributed by atoms with Gasteiger partial charge in [0.15, 0.2) is 0 Å². The zero-order chi connectivity index (χ0) is 13.5. The van der Waals surface area contributed by atoms with E-state index >= 15 is 0 Å². The van der Waals surface area contributed by atoms with Crippen molar-refractivity contribution in [3.05, 3.63) is 35.9 Å². The minimum Gasteiger partial charge on any atom is -0.308 e. The molecule has 2 atom stereocenters. The summed E-state index contributed by atoms with van der Waals surface area (Å²) in [7, 11) is 4.33. The SMILES string of the molecule is CCC(NCC(C(C)C)N(C)C)c1ccccc1. The Bertz CT molecular complexity index is 311. The third-order valence-electron chi connectivity index (χ3n) is 3.62. The molecule has 0 saturated heterocycles. The molecule has 0 aliphatic heterocycles. The molecule has 1 N–H and O–H groups in total. The first-order valence-electron chi connectivity index (χ1n) is 7.01. The number of nitrogens with one attached hydrogen (secondary N) is 1. The van der Waals surface area contributed by atoms with Gasteiger partial charge < -0.3 is 10.2 Å². The molecule has 0 aliphatic carbocycles. The summed E-state index contributed by atoms with van der Waals surface area (Å²) < 4.78 is 0. The molecule has 102 valence electrons. The van der Waals surface area contributed by atoms with E-state index in [-0.39, 0.29) is 0 Å². The van der Waals surface area contributed by atoms with E-state index in [2.05, 4.69) is 75.4 Å². The van der Waals surface area contributed by atoms with E-state index < -0.39 is 0 Å². The molecular weight excluding hydrogens is 220 g/mol. The van der Waals surface area contributed by atoms with Crippen molar-refractivity contribution in [2.75, 3.05) is 20.6 Å². The predicted molar refractivity (Wildman–Crippen MR) is 79.8 cm³/mol. The first kappa shape index (κ1) is 15.2. The lowest BCUT2D eigenvalue weighted by molar-refractivity contribution is 0.218. The van der Waals surface area contributed by atoms with Crippen molar-refractivity contribution in [3.63, 3.8) is 0 Å². The fourth-order valence-electron chi connectivity index (χ4n) is 2.46. The van der Waals surface area contributed by atoms with Crippen LogP contribution in [0.25, 0.3) is 0 Å². The number of benzene rings is 1. The zero-order valence-electron chi connectivity index (χ0n) is 12.5. The first-order chi connectivity index (χ1) is 8.56. The van der Waals surface area contributed by atoms with Gasteiger partial charge in [0.1, 0.15) is 0 Å². The minimum atomic E-state index is 0.465. The van der Waals surface area contributed by atoms with Gasteiger partial charge in [-0.1, -0.05) is 51.1 Å². The van der Waals surface area contributed by atoms with Crippen LogP contribution < -0.4 is 5.32 Å². The summed E-state index contributed by atoms with van der Waals surface area (Å²) in [6, 6.07) is 11.8. The van der Waals surface area contributed by atoms with Gasteiger partial charge in [0.2, 0.25) is 0 Å². The van der Waals surface area contributed by atoms with Crippen molar-refractivity contribution < 1.29 is 0 Å². The van der Waals surface area contributed by atoms with Gasteiger partial charge in [0, 0.05) is 18.6 Å². The maximum Gasteiger partial charge on any atom is 0.0318 e. The summed E-state index contributed by atoms with van der Waals surface area (Å²) in [4.78, 5) is 2.31. The van der Waals surface area contributed by atoms with Crippen LogP contribution in [0.4, 0.5) is 0 Å². The van der Waals surface area contributed by atoms with Crippen LogP contribution in [0.3, 0.4) is 0 Å². The molecule has 0 heterocycles. The third-order valence-corrected chi connectivity index (χ3v) is 3.62. The van der Waals surface area contributed by atoms with Crippen molar-refractivity contribution in [2.24, 2.45) is 5.92 Å². The molecule has 0 amide bonds. The standard InChI is InChI=1S/C16H28N2/c1-6-15(14-10-8-7-9-11-14)17-12-16(13(2)3)18(4)5/h7-11,13,15-17H,6,12H2,1-5H3. The van der Waals surface area contributed by atoms with Crippen LogP contribution in [-0.2, 0) is 0 Å². The molecular formula is C16H28N2. The Morgan fingerprint density at radius 2 is 1.72 bits per heavy atom. The van der Waals surface area contributed by atoms with Crippen LogP contribution in [-0.4, -0.2) is 31.6 Å². The van der Waals surface area contributed by atoms with E-state index in [1.165, 1.54) is 5.56 Å². The van der Waals surface area contributed by atoms with Gasteiger partial charge in [-0.05, 0) is 32.0 Å². The molecule has 2 nitrogen and oxygen atoms in total. The van der Waals surface area contributed by atoms with E-state index in [4.69, 9.17) is 0 Å². The molecule has 18 heavy (non-hydrogen) atoms. The summed E-state index contributed by atoms with van der Waals surface area (Å²) in [5.41, 5.74) is 1.39. The Labute approximate surface area is 112 Å². The van der Waals surface area contributed by atoms with Crippen molar-refractivity contribution in [3.8, 4) is 0 Å². The Morgan fingerprint density at radius 3 is 2.17 bits per heavy atom. The quantitative estimate of drug-likeness (QED) is 0.796. The Morgan fingerprint density at radius 1 is 1.11 bits per heavy atom. The van der Waals surface area contributed by atoms with E-state index in [1.54, 1.807) is 0 Å². The lowest BCUT2D eigenvalue weighted by Crippen LogP contribution is -2.42. The molecule has 0 radical (unpaired) electrons. The lowest BCUT2D eigenvalue weighted by Gasteiger charge is -2.30. The molecule has 0 aliphatic rings. The topological polar surface area (TPSA) is 15.3 Å². The van der Waals surface area contributed by atoms with Crippen molar-refractivity contribution in [1.82, 2.24) is 10.2 Å². The third kappa shape index (κ3) is 4.43. The second-order valence-electron chi connectivity index (χ2n) is 5.55. The molecule has 0 aromatic heterocycles. The Balaban J connectivity index is 2.59. The van der Waals surface area contributed by atoms with Gasteiger partial charge >= 0.3 is 0 Å². The highest BCUT2D eigenvalue weighted by atomic mass is 15.1. The maximum absolute atomic E-state index is 3.71. The largest absolute Gasteiger partial charge is 0.308 e. The van der Waals surface area contributed by atoms with Crippen LogP contribution in [0.2, 0.25) is 0 Å². The number of rotatable bonds is 7. The normalized spacial score (nSPS) is 15.1. The molecule has 2 unspecified atom stereocenters. The minimum absolute atomic E-state index is 0.465. The Hall–Kier alpha value is -0.860. The molecule has 1 aromatic rings. The molecule has 1 rings (SSSR count). The fourth-order valence-corrected chi connectivity index (χ4v) is 2.46. The van der Waals surface area contributed by atoms with Crippen LogP contribution in [0.15, 0.2) is 30.3 Å². The molecule has 0 bridgehead atoms. The van der Waals surface area contributed by atoms with E-state index in [0.717, 1.165) is 13.0 Å². The number of hydrogen-bond donors (Lipinski definition) is 1. The van der Waals surface area contributed by atoms with Gasteiger partial charge in [0.05, 0.1) is 0 Å². The van der Waals surface area contributed by atoms with Crippen LogP contribution in [0, 0.1) is 5.92 Å². The number of nitrogens with zero attached hydrogens (tertiary/aromatic N) is 1. The van der Waals surface area contributed by atoms with Crippen molar-refractivity contribution >= 4 is 0 Å². The highest BCUT2D eigenvalue weighted by Gasteiger charge is 2.17. The van der Waals surface area contributed by atoms with Crippen LogP contribution in [0.1, 0.15) is 38.8 Å². The summed E-state index contributed by atoms with van der Waals surface area (Å²) in [5.74, 6) is 0.667. The Kier molecular flexibility index (Phi) is 6.37. The highest BCUT2D eigenvalue weighted by molar-refractivity contribution is 5.18. The predicted octanol–water partition coefficient (Wildman–Crippen LogP) is 3.31. The average molecular weight is 248 g/mol. The average Bonchev–Trinajstić information content (AvgIpc) is 2.34. The highest BCUT2D eigenvalue weighted by Crippen LogP contribution is 2.17. The van der Waals surface area contributed by atoms with E-state index in [9.17, 15) is 0 Å². The molecule has 0 spiro atoms. The monoisotopic (exact) mass is 248 g/mol. The summed E-state index contributed by atoms with van der Waals surface area (Å²) >= 11 is 0. The number of hydrogen-bond acceptors (Lipinski definition) is 2. The molecule has 2 heteroatoms. The molecule has 0 fully saturated rings. The molecule has 1 aromatic carbocycles. The van der Waals surface area contributed by atoms with Crippen LogP contribution >= 0.6 is 0 Å². The second kappa shape index (κ2) is 7.55. The first-order valence-corrected chi connectivity index (χ1v) is 7.01. The van der Waals surface area contributed by atoms with E-state index in [0.29, 0.717) is 18.0 Å². The summed E-state index contributed by atoms with van der Waals surface area (Å²) in [5, 5.41) is 3.71. The van der Waals surface area contributed by atoms with Gasteiger partial charge in [-0.2, -0.15) is 0 Å². The van der Waals surface area contributed by atoms with Gasteiger partial charge in [-0.15, -0.1) is 0 Å². The van der Waals surface area contributed by atoms with E-state index in [1.807, 2.05) is 0 Å². The summed E-state index contributed by atoms with van der Waals surface area (Å²) in [6.45, 7) is 7.86.